The lowest BCUT2D eigenvalue weighted by Gasteiger charge is -2.26. The summed E-state index contributed by atoms with van der Waals surface area (Å²) in [4.78, 5) is 130. The number of rotatable bonds is 30. The van der Waals surface area contributed by atoms with Gasteiger partial charge >= 0.3 is 59.7 Å². The number of fused-ring (bicyclic) bond motifs is 1. The highest BCUT2D eigenvalue weighted by Gasteiger charge is 2.37. The van der Waals surface area contributed by atoms with Gasteiger partial charge in [-0.05, 0) is 98.9 Å². The van der Waals surface area contributed by atoms with Crippen LogP contribution < -0.4 is 18.9 Å². The molecule has 24 heteroatoms. The van der Waals surface area contributed by atoms with E-state index in [4.69, 9.17) is 53.9 Å². The summed E-state index contributed by atoms with van der Waals surface area (Å²) in [6.07, 6.45) is 4.93. The maximum atomic E-state index is 13.7. The van der Waals surface area contributed by atoms with Crippen molar-refractivity contribution < 1.29 is 95.3 Å². The van der Waals surface area contributed by atoms with E-state index in [1.807, 2.05) is 6.07 Å². The molecule has 2 fully saturated rings. The average Bonchev–Trinajstić information content (AvgIpc) is 1.68. The van der Waals surface area contributed by atoms with Gasteiger partial charge in [-0.3, -0.25) is 38.4 Å². The number of allylic oxidation sites excluding steroid dienone is 1. The van der Waals surface area contributed by atoms with Crippen molar-refractivity contribution in [2.24, 2.45) is 34.5 Å². The molecule has 0 aromatic heterocycles. The molecule has 2 aliphatic carbocycles. The Balaban J connectivity index is 0.891. The fourth-order valence-electron chi connectivity index (χ4n) is 9.21. The van der Waals surface area contributed by atoms with Crippen molar-refractivity contribution in [3.63, 3.8) is 0 Å². The molecular formula is C66H72N2O20S2. The molecule has 0 amide bonds. The van der Waals surface area contributed by atoms with Crippen LogP contribution in [-0.4, -0.2) is 99.3 Å². The fraction of sp³-hybridized carbons (Fsp3) is 0.455. The van der Waals surface area contributed by atoms with Gasteiger partial charge in [0.25, 0.3) is 5.70 Å². The highest BCUT2D eigenvalue weighted by molar-refractivity contribution is 8.24. The van der Waals surface area contributed by atoms with Gasteiger partial charge in [0, 0.05) is 35.8 Å². The van der Waals surface area contributed by atoms with Crippen LogP contribution in [0.4, 0.5) is 0 Å². The topological polar surface area (TPSA) is 291 Å². The van der Waals surface area contributed by atoms with Crippen molar-refractivity contribution in [1.82, 2.24) is 0 Å². The molecule has 6 rings (SSSR count). The van der Waals surface area contributed by atoms with E-state index in [9.17, 15) is 53.2 Å². The molecule has 3 aromatic carbocycles. The van der Waals surface area contributed by atoms with E-state index in [0.717, 1.165) is 46.8 Å². The van der Waals surface area contributed by atoms with Crippen molar-refractivity contribution in [1.29, 1.82) is 5.26 Å². The molecule has 0 atom stereocenters. The Labute approximate surface area is 530 Å². The monoisotopic (exact) mass is 1280 g/mol. The average molecular weight is 1280 g/mol. The van der Waals surface area contributed by atoms with Crippen molar-refractivity contribution in [2.45, 2.75) is 127 Å². The predicted molar refractivity (Wildman–Crippen MR) is 323 cm³/mol. The SMILES string of the molecule is [C-]#[N+]C(C#N)=C1Sc2c(OC(=O)C3CCC(C(=O)Oc4ccc(CCOC(=O)CCC(=O)OCC(C)(C)COC(=O)C=C)cc4)CC3)ccc(OC(=O)C3CCC(C(=O)Oc4ccc(CCOC(=O)CCC(=O)OCC(C)(C)COC(=O)C=C)cc4)CC3)c2S1. The van der Waals surface area contributed by atoms with Crippen LogP contribution in [0.3, 0.4) is 0 Å². The number of carbonyl (C=O) groups is 10. The number of thioether (sulfide) groups is 2. The Bertz CT molecular complexity index is 3060. The minimum atomic E-state index is -0.632. The van der Waals surface area contributed by atoms with Crippen LogP contribution in [0, 0.1) is 52.4 Å². The molecule has 1 heterocycles. The van der Waals surface area contributed by atoms with Crippen LogP contribution >= 0.6 is 23.5 Å². The molecule has 0 bridgehead atoms. The number of nitrogens with zero attached hydrogens (tertiary/aromatic N) is 2. The van der Waals surface area contributed by atoms with E-state index in [2.05, 4.69) is 18.0 Å². The van der Waals surface area contributed by atoms with Crippen molar-refractivity contribution in [3.8, 4) is 29.1 Å². The van der Waals surface area contributed by atoms with Crippen molar-refractivity contribution in [2.75, 3.05) is 39.6 Å². The minimum Gasteiger partial charge on any atom is -0.465 e. The maximum absolute atomic E-state index is 13.7. The van der Waals surface area contributed by atoms with E-state index < -0.39 is 94.2 Å². The van der Waals surface area contributed by atoms with Crippen LogP contribution in [0.1, 0.15) is 116 Å². The first-order valence-corrected chi connectivity index (χ1v) is 30.9. The first-order chi connectivity index (χ1) is 43.0. The molecule has 22 nitrogen and oxygen atoms in total. The van der Waals surface area contributed by atoms with Crippen LogP contribution in [0.5, 0.6) is 23.0 Å². The predicted octanol–water partition coefficient (Wildman–Crippen LogP) is 10.5. The van der Waals surface area contributed by atoms with E-state index in [0.29, 0.717) is 89.7 Å². The summed E-state index contributed by atoms with van der Waals surface area (Å²) in [5.41, 5.74) is 0.169. The minimum absolute atomic E-state index is 0.0135. The third-order valence-corrected chi connectivity index (χ3v) is 17.1. The number of nitriles is 1. The zero-order chi connectivity index (χ0) is 65.4. The lowest BCUT2D eigenvalue weighted by atomic mass is 9.82. The highest BCUT2D eigenvalue weighted by Crippen LogP contribution is 2.59. The number of hydrogen-bond acceptors (Lipinski definition) is 23. The molecule has 3 aromatic rings. The van der Waals surface area contributed by atoms with Gasteiger partial charge in [0.15, 0.2) is 0 Å². The molecule has 3 aliphatic rings. The highest BCUT2D eigenvalue weighted by atomic mass is 32.2. The van der Waals surface area contributed by atoms with Gasteiger partial charge in [-0.25, -0.2) is 19.7 Å². The smallest absolute Gasteiger partial charge is 0.330 e. The Kier molecular flexibility index (Phi) is 26.8. The standard InChI is InChI=1S/C66H72N2O20S2/c1-8-52(69)81-37-65(3,4)39-83-56(73)30-28-54(71)79-34-32-41-10-22-47(23-11-41)85-60(75)43-14-18-45(19-15-43)62(77)87-50-26-27-51(59-58(50)89-64(90-59)49(36-67)68-7)88-63(78)46-20-16-44(17-21-46)61(76)86-48-24-12-42(13-25-48)33-35-80-55(72)29-31-57(74)84-40-66(5,6)38-82-53(70)9-2/h8-13,22-27,43-46H,1-2,14-21,28-35,37-40H2,3-6H3. The number of esters is 10. The van der Waals surface area contributed by atoms with Crippen molar-refractivity contribution >= 4 is 83.2 Å². The molecule has 0 unspecified atom stereocenters. The summed E-state index contributed by atoms with van der Waals surface area (Å²) in [5.74, 6) is -6.53. The molecule has 0 N–H and O–H groups in total. The van der Waals surface area contributed by atoms with Gasteiger partial charge in [-0.1, -0.05) is 88.6 Å². The Morgan fingerprint density at radius 1 is 0.500 bits per heavy atom. The first kappa shape index (κ1) is 70.3. The van der Waals surface area contributed by atoms with E-state index in [-0.39, 0.29) is 82.5 Å². The van der Waals surface area contributed by atoms with Gasteiger partial charge in [0.05, 0.1) is 116 Å². The second kappa shape index (κ2) is 34.3. The molecule has 1 aliphatic heterocycles. The lowest BCUT2D eigenvalue weighted by Crippen LogP contribution is -2.30. The maximum Gasteiger partial charge on any atom is 0.330 e. The number of carbonyl (C=O) groups excluding carboxylic acids is 10. The van der Waals surface area contributed by atoms with Gasteiger partial charge in [-0.15, -0.1) is 0 Å². The first-order valence-electron chi connectivity index (χ1n) is 29.3. The summed E-state index contributed by atoms with van der Waals surface area (Å²) in [6.45, 7) is 21.4. The molecular weight excluding hydrogens is 1200 g/mol. The Morgan fingerprint density at radius 3 is 1.12 bits per heavy atom. The number of hydrogen-bond donors (Lipinski definition) is 0. The van der Waals surface area contributed by atoms with Gasteiger partial charge in [-0.2, -0.15) is 0 Å². The zero-order valence-electron chi connectivity index (χ0n) is 50.7. The second-order valence-corrected chi connectivity index (χ2v) is 25.4. The molecule has 2 saturated carbocycles. The summed E-state index contributed by atoms with van der Waals surface area (Å²) < 4.78 is 54.6. The number of ether oxygens (including phenoxy) is 10. The Morgan fingerprint density at radius 2 is 0.811 bits per heavy atom. The van der Waals surface area contributed by atoms with Gasteiger partial charge in [0.2, 0.25) is 0 Å². The third kappa shape index (κ3) is 22.7. The van der Waals surface area contributed by atoms with E-state index in [1.54, 1.807) is 76.2 Å². The molecule has 0 radical (unpaired) electrons. The normalized spacial score (nSPS) is 16.8. The van der Waals surface area contributed by atoms with Crippen LogP contribution in [0.2, 0.25) is 0 Å². The summed E-state index contributed by atoms with van der Waals surface area (Å²) >= 11 is 2.11. The van der Waals surface area contributed by atoms with Gasteiger partial charge in [0.1, 0.15) is 23.0 Å². The molecule has 0 spiro atoms. The van der Waals surface area contributed by atoms with Crippen LogP contribution in [-0.2, 0) is 89.2 Å². The van der Waals surface area contributed by atoms with Crippen LogP contribution in [0.15, 0.2) is 106 Å². The summed E-state index contributed by atoms with van der Waals surface area (Å²) in [6, 6.07) is 18.4. The van der Waals surface area contributed by atoms with E-state index >= 15 is 0 Å². The number of benzene rings is 3. The van der Waals surface area contributed by atoms with Gasteiger partial charge < -0.3 is 47.4 Å². The fourth-order valence-corrected chi connectivity index (χ4v) is 11.7. The Hall–Kier alpha value is -8.74. The quantitative estimate of drug-likeness (QED) is 0.0150. The summed E-state index contributed by atoms with van der Waals surface area (Å²) in [7, 11) is 0. The second-order valence-electron chi connectivity index (χ2n) is 23.1. The van der Waals surface area contributed by atoms with E-state index in [1.165, 1.54) is 12.1 Å². The molecule has 0 saturated heterocycles. The molecule has 90 heavy (non-hydrogen) atoms. The molecule has 478 valence electrons. The zero-order valence-corrected chi connectivity index (χ0v) is 52.3. The van der Waals surface area contributed by atoms with Crippen molar-refractivity contribution in [3.05, 3.63) is 118 Å². The lowest BCUT2D eigenvalue weighted by molar-refractivity contribution is -0.154. The summed E-state index contributed by atoms with van der Waals surface area (Å²) in [5, 5.41) is 9.73. The van der Waals surface area contributed by atoms with Crippen LogP contribution in [0.25, 0.3) is 4.85 Å². The largest absolute Gasteiger partial charge is 0.465 e. The third-order valence-electron chi connectivity index (χ3n) is 14.5.